The molecule has 0 radical (unpaired) electrons. The summed E-state index contributed by atoms with van der Waals surface area (Å²) in [4.78, 5) is 16.9. The van der Waals surface area contributed by atoms with Crippen LogP contribution in [0.5, 0.6) is 0 Å². The van der Waals surface area contributed by atoms with E-state index in [1.54, 1.807) is 16.7 Å². The summed E-state index contributed by atoms with van der Waals surface area (Å²) in [6.45, 7) is 4.77. The van der Waals surface area contributed by atoms with Gasteiger partial charge in [-0.15, -0.1) is 0 Å². The first-order valence-electron chi connectivity index (χ1n) is 9.65. The lowest BCUT2D eigenvalue weighted by molar-refractivity contribution is -0.129. The van der Waals surface area contributed by atoms with E-state index in [0.717, 1.165) is 16.3 Å². The Hall–Kier alpha value is -2.42. The Kier molecular flexibility index (Phi) is 5.58. The van der Waals surface area contributed by atoms with Gasteiger partial charge in [0, 0.05) is 23.0 Å². The highest BCUT2D eigenvalue weighted by Gasteiger charge is 2.38. The van der Waals surface area contributed by atoms with E-state index in [9.17, 15) is 10.1 Å². The Morgan fingerprint density at radius 1 is 1.14 bits per heavy atom. The number of amides is 1. The van der Waals surface area contributed by atoms with Gasteiger partial charge in [0.15, 0.2) is 0 Å². The summed E-state index contributed by atoms with van der Waals surface area (Å²) >= 11 is 7.54. The van der Waals surface area contributed by atoms with Crippen molar-refractivity contribution < 1.29 is 4.79 Å². The van der Waals surface area contributed by atoms with E-state index < -0.39 is 0 Å². The lowest BCUT2D eigenvalue weighted by Crippen LogP contribution is -2.47. The van der Waals surface area contributed by atoms with Crippen LogP contribution in [-0.4, -0.2) is 23.4 Å². The number of halogens is 1. The van der Waals surface area contributed by atoms with E-state index in [1.165, 1.54) is 5.56 Å². The summed E-state index contributed by atoms with van der Waals surface area (Å²) in [5.74, 6) is 1.03. The molecule has 148 valence electrons. The maximum atomic E-state index is 13.0. The first-order chi connectivity index (χ1) is 14.0. The van der Waals surface area contributed by atoms with Crippen molar-refractivity contribution in [2.45, 2.75) is 32.1 Å². The number of carbonyl (C=O) groups is 1. The highest BCUT2D eigenvalue weighted by molar-refractivity contribution is 8.03. The van der Waals surface area contributed by atoms with Crippen molar-refractivity contribution in [3.05, 3.63) is 75.3 Å². The van der Waals surface area contributed by atoms with Crippen molar-refractivity contribution in [1.29, 1.82) is 5.26 Å². The third kappa shape index (κ3) is 3.88. The summed E-state index contributed by atoms with van der Waals surface area (Å²) in [5.41, 5.74) is 4.00. The second-order valence-corrected chi connectivity index (χ2v) is 9.03. The van der Waals surface area contributed by atoms with Crippen LogP contribution in [0, 0.1) is 11.3 Å². The van der Waals surface area contributed by atoms with E-state index in [-0.39, 0.29) is 11.8 Å². The van der Waals surface area contributed by atoms with Gasteiger partial charge in [-0.2, -0.15) is 5.26 Å². The quantitative estimate of drug-likeness (QED) is 0.636. The average Bonchev–Trinajstić information content (AvgIpc) is 2.74. The number of fused-ring (bicyclic) bond motifs is 1. The Morgan fingerprint density at radius 3 is 2.45 bits per heavy atom. The van der Waals surface area contributed by atoms with Crippen LogP contribution in [0.15, 0.2) is 59.1 Å². The molecule has 0 saturated carbocycles. The zero-order chi connectivity index (χ0) is 20.5. The van der Waals surface area contributed by atoms with Crippen molar-refractivity contribution in [2.24, 2.45) is 0 Å². The van der Waals surface area contributed by atoms with Gasteiger partial charge in [-0.25, -0.2) is 0 Å². The van der Waals surface area contributed by atoms with Gasteiger partial charge >= 0.3 is 0 Å². The number of nitriles is 1. The lowest BCUT2D eigenvalue weighted by atomic mass is 9.85. The predicted octanol–water partition coefficient (Wildman–Crippen LogP) is 5.68. The van der Waals surface area contributed by atoms with E-state index >= 15 is 0 Å². The number of anilines is 1. The largest absolute Gasteiger partial charge is 0.344 e. The SMILES string of the molecule is CC(C)c1ccc(C2CC(=O)N3CN(c4ccc(Cl)cc4)CSC3=C2C#N)cc1. The van der Waals surface area contributed by atoms with E-state index in [1.807, 2.05) is 24.3 Å². The molecule has 2 heterocycles. The fourth-order valence-electron chi connectivity index (χ4n) is 3.78. The molecule has 1 unspecified atom stereocenters. The molecule has 2 aliphatic heterocycles. The maximum Gasteiger partial charge on any atom is 0.229 e. The van der Waals surface area contributed by atoms with Crippen molar-refractivity contribution in [3.63, 3.8) is 0 Å². The monoisotopic (exact) mass is 423 g/mol. The molecule has 0 spiro atoms. The third-order valence-electron chi connectivity index (χ3n) is 5.49. The highest BCUT2D eigenvalue weighted by atomic mass is 35.5. The van der Waals surface area contributed by atoms with Gasteiger partial charge in [0.05, 0.1) is 29.2 Å². The van der Waals surface area contributed by atoms with E-state index in [0.29, 0.717) is 35.5 Å². The predicted molar refractivity (Wildman–Crippen MR) is 119 cm³/mol. The van der Waals surface area contributed by atoms with Gasteiger partial charge in [0.2, 0.25) is 5.91 Å². The normalized spacial score (nSPS) is 19.4. The number of rotatable bonds is 3. The second kappa shape index (κ2) is 8.14. The zero-order valence-corrected chi connectivity index (χ0v) is 18.0. The van der Waals surface area contributed by atoms with Gasteiger partial charge < -0.3 is 4.90 Å². The summed E-state index contributed by atoms with van der Waals surface area (Å²) < 4.78 is 0. The zero-order valence-electron chi connectivity index (χ0n) is 16.4. The van der Waals surface area contributed by atoms with Crippen LogP contribution < -0.4 is 4.90 Å². The number of hydrogen-bond acceptors (Lipinski definition) is 4. The number of nitrogens with zero attached hydrogens (tertiary/aromatic N) is 3. The van der Waals surface area contributed by atoms with Gasteiger partial charge in [0.1, 0.15) is 0 Å². The molecule has 6 heteroatoms. The van der Waals surface area contributed by atoms with Crippen molar-refractivity contribution in [1.82, 2.24) is 4.90 Å². The molecule has 1 atom stereocenters. The van der Waals surface area contributed by atoms with Crippen molar-refractivity contribution >= 4 is 35.0 Å². The minimum Gasteiger partial charge on any atom is -0.344 e. The number of benzene rings is 2. The molecule has 0 N–H and O–H groups in total. The first-order valence-corrected chi connectivity index (χ1v) is 11.0. The second-order valence-electron chi connectivity index (χ2n) is 7.66. The molecule has 4 nitrogen and oxygen atoms in total. The molecule has 2 aromatic rings. The van der Waals surface area contributed by atoms with Crippen LogP contribution in [0.2, 0.25) is 5.02 Å². The lowest BCUT2D eigenvalue weighted by Gasteiger charge is -2.42. The van der Waals surface area contributed by atoms with Gasteiger partial charge in [-0.1, -0.05) is 61.5 Å². The molecule has 2 aromatic carbocycles. The number of hydrogen-bond donors (Lipinski definition) is 0. The first kappa shape index (κ1) is 19.9. The van der Waals surface area contributed by atoms with Crippen molar-refractivity contribution in [2.75, 3.05) is 17.4 Å². The Bertz CT molecular complexity index is 992. The van der Waals surface area contributed by atoms with Crippen LogP contribution in [0.1, 0.15) is 43.2 Å². The van der Waals surface area contributed by atoms with Crippen molar-refractivity contribution in [3.8, 4) is 6.07 Å². The maximum absolute atomic E-state index is 13.0. The number of carbonyl (C=O) groups excluding carboxylic acids is 1. The molecule has 2 aliphatic rings. The van der Waals surface area contributed by atoms with Crippen LogP contribution in [0.25, 0.3) is 0 Å². The van der Waals surface area contributed by atoms with E-state index in [4.69, 9.17) is 11.6 Å². The molecule has 29 heavy (non-hydrogen) atoms. The molecule has 0 bridgehead atoms. The molecule has 0 aromatic heterocycles. The van der Waals surface area contributed by atoms with Gasteiger partial charge in [-0.3, -0.25) is 9.69 Å². The smallest absolute Gasteiger partial charge is 0.229 e. The van der Waals surface area contributed by atoms with Gasteiger partial charge in [-0.05, 0) is 41.3 Å². The fraction of sp³-hybridized carbons (Fsp3) is 0.304. The summed E-state index contributed by atoms with van der Waals surface area (Å²) in [6.07, 6.45) is 0.322. The average molecular weight is 424 g/mol. The number of allylic oxidation sites excluding steroid dienone is 1. The third-order valence-corrected chi connectivity index (χ3v) is 6.90. The molecular weight excluding hydrogens is 402 g/mol. The topological polar surface area (TPSA) is 47.3 Å². The molecule has 1 saturated heterocycles. The van der Waals surface area contributed by atoms with Gasteiger partial charge in [0.25, 0.3) is 0 Å². The van der Waals surface area contributed by atoms with Crippen LogP contribution in [0.3, 0.4) is 0 Å². The molecule has 0 aliphatic carbocycles. The molecule has 4 rings (SSSR count). The van der Waals surface area contributed by atoms with Crippen LogP contribution in [-0.2, 0) is 4.79 Å². The minimum atomic E-state index is -0.172. The minimum absolute atomic E-state index is 0.0584. The van der Waals surface area contributed by atoms with Crippen LogP contribution in [0.4, 0.5) is 5.69 Å². The molecule has 1 fully saturated rings. The Balaban J connectivity index is 1.63. The molecular formula is C23H22ClN3OS. The Labute approximate surface area is 180 Å². The van der Waals surface area contributed by atoms with E-state index in [2.05, 4.69) is 49.1 Å². The Morgan fingerprint density at radius 2 is 1.83 bits per heavy atom. The standard InChI is InChI=1S/C23H22ClN3OS/c1-15(2)16-3-5-17(6-4-16)20-11-22(28)27-13-26(14-29-23(27)21(20)12-25)19-9-7-18(24)8-10-19/h3-10,15,20H,11,13-14H2,1-2H3. The summed E-state index contributed by atoms with van der Waals surface area (Å²) in [7, 11) is 0. The fourth-order valence-corrected chi connectivity index (χ4v) is 5.07. The molecule has 1 amide bonds. The number of thioether (sulfide) groups is 1. The van der Waals surface area contributed by atoms with Crippen LogP contribution >= 0.6 is 23.4 Å². The summed E-state index contributed by atoms with van der Waals surface area (Å²) in [5, 5.41) is 11.4. The summed E-state index contributed by atoms with van der Waals surface area (Å²) in [6, 6.07) is 18.3. The highest BCUT2D eigenvalue weighted by Crippen LogP contribution is 2.43.